The van der Waals surface area contributed by atoms with Crippen molar-refractivity contribution in [3.63, 3.8) is 0 Å². The second-order valence-corrected chi connectivity index (χ2v) is 4.73. The highest BCUT2D eigenvalue weighted by Gasteiger charge is 2.06. The number of hydrogen-bond acceptors (Lipinski definition) is 5. The number of carbonyl (C=O) groups is 1. The van der Waals surface area contributed by atoms with Gasteiger partial charge in [-0.05, 0) is 26.7 Å². The SMILES string of the molecule is Cc1nnc(NC(=O)CCCC(C)N)s1. The van der Waals surface area contributed by atoms with Gasteiger partial charge >= 0.3 is 0 Å². The molecule has 0 aliphatic carbocycles. The van der Waals surface area contributed by atoms with Gasteiger partial charge < -0.3 is 11.1 Å². The molecule has 0 saturated carbocycles. The Morgan fingerprint density at radius 3 is 2.87 bits per heavy atom. The van der Waals surface area contributed by atoms with Gasteiger partial charge in [0.25, 0.3) is 0 Å². The molecule has 1 heterocycles. The van der Waals surface area contributed by atoms with E-state index in [0.717, 1.165) is 17.8 Å². The van der Waals surface area contributed by atoms with Gasteiger partial charge in [-0.3, -0.25) is 4.79 Å². The zero-order valence-corrected chi connectivity index (χ0v) is 9.80. The predicted octanol–water partition coefficient (Wildman–Crippen LogP) is 1.30. The normalized spacial score (nSPS) is 12.5. The Balaban J connectivity index is 2.24. The number of carbonyl (C=O) groups excluding carboxylic acids is 1. The number of hydrogen-bond donors (Lipinski definition) is 2. The van der Waals surface area contributed by atoms with Gasteiger partial charge in [0.1, 0.15) is 5.01 Å². The molecule has 0 aromatic carbocycles. The molecule has 0 fully saturated rings. The van der Waals surface area contributed by atoms with Crippen LogP contribution in [0.2, 0.25) is 0 Å². The van der Waals surface area contributed by atoms with E-state index in [1.807, 2.05) is 13.8 Å². The molecule has 0 saturated heterocycles. The molecule has 84 valence electrons. The van der Waals surface area contributed by atoms with E-state index in [1.54, 1.807) is 0 Å². The van der Waals surface area contributed by atoms with Crippen LogP contribution in [0.3, 0.4) is 0 Å². The molecule has 0 radical (unpaired) electrons. The van der Waals surface area contributed by atoms with Crippen LogP contribution in [-0.4, -0.2) is 22.1 Å². The molecule has 1 amide bonds. The standard InChI is InChI=1S/C9H16N4OS/c1-6(10)4-3-5-8(14)11-9-13-12-7(2)15-9/h6H,3-5,10H2,1-2H3,(H,11,13,14). The Labute approximate surface area is 93.1 Å². The third-order valence-electron chi connectivity index (χ3n) is 1.84. The Morgan fingerprint density at radius 1 is 1.60 bits per heavy atom. The van der Waals surface area contributed by atoms with Gasteiger partial charge in [-0.1, -0.05) is 11.3 Å². The lowest BCUT2D eigenvalue weighted by Gasteiger charge is -2.03. The van der Waals surface area contributed by atoms with Gasteiger partial charge in [-0.2, -0.15) is 0 Å². The van der Waals surface area contributed by atoms with Crippen molar-refractivity contribution in [2.24, 2.45) is 5.73 Å². The van der Waals surface area contributed by atoms with Gasteiger partial charge in [0.15, 0.2) is 0 Å². The van der Waals surface area contributed by atoms with Crippen molar-refractivity contribution in [2.75, 3.05) is 5.32 Å². The van der Waals surface area contributed by atoms with Crippen LogP contribution in [0.5, 0.6) is 0 Å². The van der Waals surface area contributed by atoms with Crippen molar-refractivity contribution in [3.05, 3.63) is 5.01 Å². The van der Waals surface area contributed by atoms with Crippen LogP contribution in [0, 0.1) is 6.92 Å². The fourth-order valence-electron chi connectivity index (χ4n) is 1.11. The van der Waals surface area contributed by atoms with Crippen molar-refractivity contribution in [1.29, 1.82) is 0 Å². The number of nitrogens with one attached hydrogen (secondary N) is 1. The maximum Gasteiger partial charge on any atom is 0.226 e. The van der Waals surface area contributed by atoms with E-state index >= 15 is 0 Å². The number of amides is 1. The van der Waals surface area contributed by atoms with E-state index < -0.39 is 0 Å². The minimum Gasteiger partial charge on any atom is -0.328 e. The first-order chi connectivity index (χ1) is 7.08. The molecule has 15 heavy (non-hydrogen) atoms. The van der Waals surface area contributed by atoms with Crippen molar-refractivity contribution in [2.45, 2.75) is 39.2 Å². The Bertz CT molecular complexity index is 324. The van der Waals surface area contributed by atoms with Gasteiger partial charge in [-0.25, -0.2) is 0 Å². The van der Waals surface area contributed by atoms with Crippen LogP contribution in [0.15, 0.2) is 0 Å². The minimum atomic E-state index is -0.0215. The summed E-state index contributed by atoms with van der Waals surface area (Å²) in [6.07, 6.45) is 2.16. The maximum absolute atomic E-state index is 11.4. The third kappa shape index (κ3) is 4.85. The van der Waals surface area contributed by atoms with Gasteiger partial charge in [0, 0.05) is 12.5 Å². The quantitative estimate of drug-likeness (QED) is 0.796. The van der Waals surface area contributed by atoms with Crippen molar-refractivity contribution in [1.82, 2.24) is 10.2 Å². The lowest BCUT2D eigenvalue weighted by atomic mass is 10.1. The molecule has 5 nitrogen and oxygen atoms in total. The van der Waals surface area contributed by atoms with Gasteiger partial charge in [-0.15, -0.1) is 10.2 Å². The number of rotatable bonds is 5. The molecule has 0 aliphatic heterocycles. The molecule has 1 aromatic rings. The van der Waals surface area contributed by atoms with Gasteiger partial charge in [0.2, 0.25) is 11.0 Å². The largest absolute Gasteiger partial charge is 0.328 e. The minimum absolute atomic E-state index is 0.0215. The molecule has 1 unspecified atom stereocenters. The van der Waals surface area contributed by atoms with Crippen LogP contribution < -0.4 is 11.1 Å². The summed E-state index contributed by atoms with van der Waals surface area (Å²) in [4.78, 5) is 11.4. The van der Waals surface area contributed by atoms with Crippen LogP contribution in [0.4, 0.5) is 5.13 Å². The summed E-state index contributed by atoms with van der Waals surface area (Å²) in [7, 11) is 0. The van der Waals surface area contributed by atoms with E-state index in [2.05, 4.69) is 15.5 Å². The van der Waals surface area contributed by atoms with E-state index in [9.17, 15) is 4.79 Å². The number of nitrogens with two attached hydrogens (primary N) is 1. The highest BCUT2D eigenvalue weighted by atomic mass is 32.1. The molecule has 1 atom stereocenters. The van der Waals surface area contributed by atoms with Crippen molar-refractivity contribution >= 4 is 22.4 Å². The lowest BCUT2D eigenvalue weighted by Crippen LogP contribution is -2.16. The molecule has 0 aliphatic rings. The summed E-state index contributed by atoms with van der Waals surface area (Å²) >= 11 is 1.38. The van der Waals surface area contributed by atoms with E-state index in [0.29, 0.717) is 11.6 Å². The number of aromatic nitrogens is 2. The summed E-state index contributed by atoms with van der Waals surface area (Å²) in [5.74, 6) is -0.0215. The second-order valence-electron chi connectivity index (χ2n) is 3.54. The zero-order valence-electron chi connectivity index (χ0n) is 8.99. The fraction of sp³-hybridized carbons (Fsp3) is 0.667. The first-order valence-electron chi connectivity index (χ1n) is 4.93. The monoisotopic (exact) mass is 228 g/mol. The van der Waals surface area contributed by atoms with E-state index in [4.69, 9.17) is 5.73 Å². The van der Waals surface area contributed by atoms with Crippen molar-refractivity contribution < 1.29 is 4.79 Å². The summed E-state index contributed by atoms with van der Waals surface area (Å²) in [6.45, 7) is 3.79. The predicted molar refractivity (Wildman–Crippen MR) is 60.8 cm³/mol. The molecule has 0 bridgehead atoms. The topological polar surface area (TPSA) is 80.9 Å². The van der Waals surface area contributed by atoms with Crippen LogP contribution in [0.1, 0.15) is 31.2 Å². The van der Waals surface area contributed by atoms with Crippen LogP contribution >= 0.6 is 11.3 Å². The first kappa shape index (κ1) is 12.1. The molecule has 0 spiro atoms. The summed E-state index contributed by atoms with van der Waals surface area (Å²) in [6, 6.07) is 0.154. The molecule has 1 aromatic heterocycles. The molecule has 3 N–H and O–H groups in total. The van der Waals surface area contributed by atoms with E-state index in [1.165, 1.54) is 11.3 Å². The molecule has 6 heteroatoms. The maximum atomic E-state index is 11.4. The summed E-state index contributed by atoms with van der Waals surface area (Å²) in [5.41, 5.74) is 5.58. The van der Waals surface area contributed by atoms with Crippen LogP contribution in [-0.2, 0) is 4.79 Å². The third-order valence-corrected chi connectivity index (χ3v) is 2.59. The number of nitrogens with zero attached hydrogens (tertiary/aromatic N) is 2. The zero-order chi connectivity index (χ0) is 11.3. The average molecular weight is 228 g/mol. The highest BCUT2D eigenvalue weighted by Crippen LogP contribution is 2.14. The van der Waals surface area contributed by atoms with E-state index in [-0.39, 0.29) is 11.9 Å². The summed E-state index contributed by atoms with van der Waals surface area (Å²) < 4.78 is 0. The van der Waals surface area contributed by atoms with Crippen LogP contribution in [0.25, 0.3) is 0 Å². The smallest absolute Gasteiger partial charge is 0.226 e. The lowest BCUT2D eigenvalue weighted by molar-refractivity contribution is -0.116. The molecular formula is C9H16N4OS. The molecular weight excluding hydrogens is 212 g/mol. The number of anilines is 1. The van der Waals surface area contributed by atoms with Crippen molar-refractivity contribution in [3.8, 4) is 0 Å². The Kier molecular flexibility index (Phi) is 4.64. The van der Waals surface area contributed by atoms with Gasteiger partial charge in [0.05, 0.1) is 0 Å². The summed E-state index contributed by atoms with van der Waals surface area (Å²) in [5, 5.41) is 11.7. The molecule has 1 rings (SSSR count). The Hall–Kier alpha value is -1.01. The number of aryl methyl sites for hydroxylation is 1. The second kappa shape index (κ2) is 5.77. The fourth-order valence-corrected chi connectivity index (χ4v) is 1.72. The highest BCUT2D eigenvalue weighted by molar-refractivity contribution is 7.15. The Morgan fingerprint density at radius 2 is 2.33 bits per heavy atom. The first-order valence-corrected chi connectivity index (χ1v) is 5.75. The average Bonchev–Trinajstić information content (AvgIpc) is 2.50.